The van der Waals surface area contributed by atoms with Crippen LogP contribution in [-0.4, -0.2) is 40.2 Å². The number of morpholine rings is 1. The Labute approximate surface area is 153 Å². The fraction of sp³-hybridized carbons (Fsp3) is 0.381. The Morgan fingerprint density at radius 1 is 1.15 bits per heavy atom. The zero-order valence-corrected chi connectivity index (χ0v) is 15.6. The average Bonchev–Trinajstić information content (AvgIpc) is 2.95. The summed E-state index contributed by atoms with van der Waals surface area (Å²) in [5, 5.41) is 0. The first-order valence-corrected chi connectivity index (χ1v) is 9.08. The summed E-state index contributed by atoms with van der Waals surface area (Å²) in [6, 6.07) is 12.5. The number of aromatic amines is 2. The zero-order valence-electron chi connectivity index (χ0n) is 15.6. The van der Waals surface area contributed by atoms with E-state index in [0.717, 1.165) is 42.8 Å². The summed E-state index contributed by atoms with van der Waals surface area (Å²) < 4.78 is 5.83. The van der Waals surface area contributed by atoms with Crippen LogP contribution in [0.15, 0.2) is 41.2 Å². The average molecular weight is 351 g/mol. The van der Waals surface area contributed by atoms with Crippen LogP contribution in [0.5, 0.6) is 0 Å². The van der Waals surface area contributed by atoms with Gasteiger partial charge in [0.15, 0.2) is 0 Å². The fourth-order valence-electron chi connectivity index (χ4n) is 3.86. The molecule has 0 saturated carbocycles. The second-order valence-electron chi connectivity index (χ2n) is 7.75. The predicted octanol–water partition coefficient (Wildman–Crippen LogP) is 3.44. The van der Waals surface area contributed by atoms with Gasteiger partial charge in [-0.1, -0.05) is 24.3 Å². The maximum Gasteiger partial charge on any atom is 0.323 e. The molecule has 2 heterocycles. The highest BCUT2D eigenvalue weighted by atomic mass is 16.5. The van der Waals surface area contributed by atoms with Crippen molar-refractivity contribution in [1.82, 2.24) is 14.9 Å². The van der Waals surface area contributed by atoms with Gasteiger partial charge in [-0.05, 0) is 55.2 Å². The Hall–Kier alpha value is -2.37. The zero-order chi connectivity index (χ0) is 18.3. The van der Waals surface area contributed by atoms with E-state index in [1.165, 1.54) is 16.7 Å². The lowest BCUT2D eigenvalue weighted by atomic mass is 9.95. The number of nitrogens with one attached hydrogen (secondary N) is 2. The van der Waals surface area contributed by atoms with E-state index in [4.69, 9.17) is 4.74 Å². The van der Waals surface area contributed by atoms with Gasteiger partial charge in [0.1, 0.15) is 0 Å². The molecule has 2 aromatic carbocycles. The lowest BCUT2D eigenvalue weighted by Gasteiger charge is -2.38. The smallest absolute Gasteiger partial charge is 0.323 e. The van der Waals surface area contributed by atoms with Crippen LogP contribution in [0.2, 0.25) is 0 Å². The van der Waals surface area contributed by atoms with Crippen molar-refractivity contribution in [2.75, 3.05) is 19.7 Å². The standard InChI is InChI=1S/C21H25N3O2/c1-14-16(12-24-9-10-26-21(2,3)13-24)5-4-6-17(14)15-7-8-18-19(11-15)23-20(25)22-18/h4-8,11H,9-10,12-13H2,1-3H3,(H2,22,23,25). The first-order chi connectivity index (χ1) is 12.4. The summed E-state index contributed by atoms with van der Waals surface area (Å²) in [5.74, 6) is 0. The van der Waals surface area contributed by atoms with Crippen LogP contribution >= 0.6 is 0 Å². The summed E-state index contributed by atoms with van der Waals surface area (Å²) in [6.07, 6.45) is 0. The van der Waals surface area contributed by atoms with E-state index in [1.807, 2.05) is 12.1 Å². The molecule has 3 aromatic rings. The number of H-pyrrole nitrogens is 2. The molecule has 2 N–H and O–H groups in total. The van der Waals surface area contributed by atoms with E-state index in [1.54, 1.807) is 0 Å². The van der Waals surface area contributed by atoms with Gasteiger partial charge >= 0.3 is 5.69 Å². The number of rotatable bonds is 3. The van der Waals surface area contributed by atoms with Gasteiger partial charge in [-0.2, -0.15) is 0 Å². The number of benzene rings is 2. The van der Waals surface area contributed by atoms with Crippen LogP contribution in [0.25, 0.3) is 22.2 Å². The molecule has 5 heteroatoms. The van der Waals surface area contributed by atoms with Gasteiger partial charge in [0.25, 0.3) is 0 Å². The van der Waals surface area contributed by atoms with Crippen LogP contribution < -0.4 is 5.69 Å². The van der Waals surface area contributed by atoms with Crippen LogP contribution in [0, 0.1) is 6.92 Å². The maximum atomic E-state index is 11.5. The molecule has 1 aliphatic rings. The van der Waals surface area contributed by atoms with Crippen molar-refractivity contribution in [1.29, 1.82) is 0 Å². The highest BCUT2D eigenvalue weighted by molar-refractivity contribution is 5.82. The van der Waals surface area contributed by atoms with Crippen molar-refractivity contribution in [3.8, 4) is 11.1 Å². The van der Waals surface area contributed by atoms with Gasteiger partial charge in [-0.3, -0.25) is 4.90 Å². The molecule has 0 spiro atoms. The topological polar surface area (TPSA) is 61.1 Å². The van der Waals surface area contributed by atoms with E-state index in [9.17, 15) is 4.79 Å². The molecular formula is C21H25N3O2. The SMILES string of the molecule is Cc1c(CN2CCOC(C)(C)C2)cccc1-c1ccc2[nH]c(=O)[nH]c2c1. The molecule has 0 atom stereocenters. The summed E-state index contributed by atoms with van der Waals surface area (Å²) in [6.45, 7) is 10.1. The molecule has 136 valence electrons. The van der Waals surface area contributed by atoms with Gasteiger partial charge in [-0.25, -0.2) is 4.79 Å². The lowest BCUT2D eigenvalue weighted by molar-refractivity contribution is -0.0883. The normalized spacial score (nSPS) is 17.7. The molecule has 0 amide bonds. The molecule has 26 heavy (non-hydrogen) atoms. The molecule has 0 bridgehead atoms. The van der Waals surface area contributed by atoms with Gasteiger partial charge in [0.2, 0.25) is 0 Å². The Kier molecular flexibility index (Phi) is 4.21. The van der Waals surface area contributed by atoms with E-state index in [2.05, 4.69) is 59.9 Å². The third kappa shape index (κ3) is 3.32. The van der Waals surface area contributed by atoms with Crippen molar-refractivity contribution >= 4 is 11.0 Å². The van der Waals surface area contributed by atoms with Crippen LogP contribution in [0.4, 0.5) is 0 Å². The monoisotopic (exact) mass is 351 g/mol. The van der Waals surface area contributed by atoms with Crippen molar-refractivity contribution in [3.63, 3.8) is 0 Å². The summed E-state index contributed by atoms with van der Waals surface area (Å²) in [4.78, 5) is 19.6. The highest BCUT2D eigenvalue weighted by Crippen LogP contribution is 2.29. The minimum absolute atomic E-state index is 0.0883. The van der Waals surface area contributed by atoms with Crippen molar-refractivity contribution in [2.45, 2.75) is 32.9 Å². The van der Waals surface area contributed by atoms with Gasteiger partial charge < -0.3 is 14.7 Å². The Bertz CT molecular complexity index is 1000. The third-order valence-corrected chi connectivity index (χ3v) is 5.17. The second kappa shape index (κ2) is 6.41. The molecule has 4 rings (SSSR count). The van der Waals surface area contributed by atoms with Crippen LogP contribution in [0.3, 0.4) is 0 Å². The van der Waals surface area contributed by atoms with E-state index < -0.39 is 0 Å². The molecule has 0 unspecified atom stereocenters. The molecule has 1 aliphatic heterocycles. The second-order valence-corrected chi connectivity index (χ2v) is 7.75. The van der Waals surface area contributed by atoms with E-state index >= 15 is 0 Å². The number of fused-ring (bicyclic) bond motifs is 1. The van der Waals surface area contributed by atoms with Crippen molar-refractivity contribution in [3.05, 3.63) is 58.0 Å². The quantitative estimate of drug-likeness (QED) is 0.760. The summed E-state index contributed by atoms with van der Waals surface area (Å²) >= 11 is 0. The van der Waals surface area contributed by atoms with Crippen molar-refractivity contribution in [2.24, 2.45) is 0 Å². The Morgan fingerprint density at radius 2 is 1.96 bits per heavy atom. The maximum absolute atomic E-state index is 11.5. The molecule has 0 radical (unpaired) electrons. The Balaban J connectivity index is 1.65. The van der Waals surface area contributed by atoms with Gasteiger partial charge in [0.05, 0.1) is 23.2 Å². The number of ether oxygens (including phenoxy) is 1. The van der Waals surface area contributed by atoms with Gasteiger partial charge in [0, 0.05) is 19.6 Å². The minimum Gasteiger partial charge on any atom is -0.373 e. The number of hydrogen-bond acceptors (Lipinski definition) is 3. The number of imidazole rings is 1. The number of aromatic nitrogens is 2. The molecule has 5 nitrogen and oxygen atoms in total. The number of hydrogen-bond donors (Lipinski definition) is 2. The van der Waals surface area contributed by atoms with Gasteiger partial charge in [-0.15, -0.1) is 0 Å². The lowest BCUT2D eigenvalue weighted by Crippen LogP contribution is -2.47. The summed E-state index contributed by atoms with van der Waals surface area (Å²) in [5.41, 5.74) is 6.37. The van der Waals surface area contributed by atoms with Crippen LogP contribution in [-0.2, 0) is 11.3 Å². The van der Waals surface area contributed by atoms with Crippen LogP contribution in [0.1, 0.15) is 25.0 Å². The Morgan fingerprint density at radius 3 is 2.77 bits per heavy atom. The first kappa shape index (κ1) is 17.1. The largest absolute Gasteiger partial charge is 0.373 e. The third-order valence-electron chi connectivity index (χ3n) is 5.17. The molecule has 0 aliphatic carbocycles. The first-order valence-electron chi connectivity index (χ1n) is 9.08. The highest BCUT2D eigenvalue weighted by Gasteiger charge is 2.27. The molecule has 1 aromatic heterocycles. The number of nitrogens with zero attached hydrogens (tertiary/aromatic N) is 1. The van der Waals surface area contributed by atoms with E-state index in [-0.39, 0.29) is 11.3 Å². The molecular weight excluding hydrogens is 326 g/mol. The molecule has 1 fully saturated rings. The summed E-state index contributed by atoms with van der Waals surface area (Å²) in [7, 11) is 0. The fourth-order valence-corrected chi connectivity index (χ4v) is 3.86. The van der Waals surface area contributed by atoms with Crippen molar-refractivity contribution < 1.29 is 4.74 Å². The molecule has 1 saturated heterocycles. The minimum atomic E-state index is -0.169. The predicted molar refractivity (Wildman–Crippen MR) is 104 cm³/mol. The van der Waals surface area contributed by atoms with E-state index in [0.29, 0.717) is 0 Å².